The predicted molar refractivity (Wildman–Crippen MR) is 93.3 cm³/mol. The highest BCUT2D eigenvalue weighted by Crippen LogP contribution is 1.94. The van der Waals surface area contributed by atoms with Crippen molar-refractivity contribution in [3.05, 3.63) is 0 Å². The van der Waals surface area contributed by atoms with Gasteiger partial charge in [0.1, 0.15) is 18.1 Å². The first-order valence-electron chi connectivity index (χ1n) is 7.04. The van der Waals surface area contributed by atoms with Crippen LogP contribution in [0, 0.1) is 0 Å². The Bertz CT molecular complexity index is 494. The van der Waals surface area contributed by atoms with Crippen LogP contribution in [0.25, 0.3) is 0 Å². The highest BCUT2D eigenvalue weighted by atomic mass is 32.1. The predicted octanol–water partition coefficient (Wildman–Crippen LogP) is -4.30. The number of carboxylic acid groups (broad SMARTS) is 1. The van der Waals surface area contributed by atoms with E-state index in [1.165, 1.54) is 0 Å². The second-order valence-corrected chi connectivity index (χ2v) is 5.59. The third kappa shape index (κ3) is 7.92. The van der Waals surface area contributed by atoms with Gasteiger partial charge in [0, 0.05) is 11.5 Å². The Morgan fingerprint density at radius 3 is 1.52 bits per heavy atom. The SMILES string of the molecule is NC(CS)C(=O)NC(CO)C(=O)NC(CO)C(=O)NC(CS)C(=O)O. The van der Waals surface area contributed by atoms with Crippen molar-refractivity contribution in [2.24, 2.45) is 5.73 Å². The molecular weight excluding hydrogens is 376 g/mol. The average Bonchev–Trinajstić information content (AvgIpc) is 2.59. The second-order valence-electron chi connectivity index (χ2n) is 4.86. The third-order valence-electron chi connectivity index (χ3n) is 2.96. The molecule has 0 saturated carbocycles. The van der Waals surface area contributed by atoms with Crippen LogP contribution >= 0.6 is 25.3 Å². The Morgan fingerprint density at radius 1 is 0.800 bits per heavy atom. The minimum Gasteiger partial charge on any atom is -0.480 e. The van der Waals surface area contributed by atoms with E-state index in [0.717, 1.165) is 0 Å². The van der Waals surface area contributed by atoms with Crippen molar-refractivity contribution in [1.29, 1.82) is 0 Å². The van der Waals surface area contributed by atoms with Gasteiger partial charge >= 0.3 is 5.97 Å². The maximum atomic E-state index is 12.0. The molecule has 0 aromatic heterocycles. The van der Waals surface area contributed by atoms with E-state index in [1.807, 2.05) is 0 Å². The van der Waals surface area contributed by atoms with Crippen LogP contribution in [0.2, 0.25) is 0 Å². The lowest BCUT2D eigenvalue weighted by molar-refractivity contribution is -0.142. The molecule has 0 aliphatic heterocycles. The van der Waals surface area contributed by atoms with Crippen molar-refractivity contribution in [1.82, 2.24) is 16.0 Å². The Labute approximate surface area is 154 Å². The summed E-state index contributed by atoms with van der Waals surface area (Å²) in [6.45, 7) is -1.62. The Kier molecular flexibility index (Phi) is 11.2. The molecule has 0 bridgehead atoms. The van der Waals surface area contributed by atoms with Crippen molar-refractivity contribution in [2.75, 3.05) is 24.7 Å². The number of carboxylic acids is 1. The van der Waals surface area contributed by atoms with Crippen molar-refractivity contribution >= 4 is 48.9 Å². The van der Waals surface area contributed by atoms with Gasteiger partial charge in [0.2, 0.25) is 17.7 Å². The molecule has 0 aromatic carbocycles. The molecule has 144 valence electrons. The number of aliphatic carboxylic acids is 1. The first-order valence-corrected chi connectivity index (χ1v) is 8.31. The third-order valence-corrected chi connectivity index (χ3v) is 3.72. The fourth-order valence-corrected chi connectivity index (χ4v) is 1.89. The molecule has 13 heteroatoms. The Morgan fingerprint density at radius 2 is 1.20 bits per heavy atom. The summed E-state index contributed by atoms with van der Waals surface area (Å²) in [6, 6.07) is -5.23. The molecule has 0 heterocycles. The van der Waals surface area contributed by atoms with Crippen LogP contribution < -0.4 is 21.7 Å². The average molecular weight is 398 g/mol. The van der Waals surface area contributed by atoms with Gasteiger partial charge in [0.15, 0.2) is 0 Å². The minimum absolute atomic E-state index is 0.00752. The molecule has 4 atom stereocenters. The van der Waals surface area contributed by atoms with Crippen molar-refractivity contribution in [3.63, 3.8) is 0 Å². The zero-order valence-electron chi connectivity index (χ0n) is 13.1. The van der Waals surface area contributed by atoms with Gasteiger partial charge in [-0.1, -0.05) is 0 Å². The molecule has 4 unspecified atom stereocenters. The van der Waals surface area contributed by atoms with Gasteiger partial charge in [0.25, 0.3) is 0 Å². The van der Waals surface area contributed by atoms with Crippen molar-refractivity contribution in [3.8, 4) is 0 Å². The summed E-state index contributed by atoms with van der Waals surface area (Å²) in [5.74, 6) is -4.21. The number of hydrogen-bond acceptors (Lipinski definition) is 9. The van der Waals surface area contributed by atoms with E-state index in [2.05, 4.69) is 41.2 Å². The molecule has 3 amide bonds. The first kappa shape index (κ1) is 23.5. The Hall–Kier alpha value is -1.54. The lowest BCUT2D eigenvalue weighted by Gasteiger charge is -2.22. The molecule has 0 spiro atoms. The lowest BCUT2D eigenvalue weighted by Crippen LogP contribution is -2.59. The number of carbonyl (C=O) groups excluding carboxylic acids is 3. The van der Waals surface area contributed by atoms with Crippen LogP contribution in [-0.4, -0.2) is 87.9 Å². The molecule has 0 aromatic rings. The number of nitrogens with two attached hydrogens (primary N) is 1. The zero-order valence-corrected chi connectivity index (χ0v) is 14.9. The van der Waals surface area contributed by atoms with E-state index in [0.29, 0.717) is 0 Å². The largest absolute Gasteiger partial charge is 0.480 e. The monoisotopic (exact) mass is 398 g/mol. The molecule has 8 N–H and O–H groups in total. The van der Waals surface area contributed by atoms with Gasteiger partial charge in [0.05, 0.1) is 19.3 Å². The van der Waals surface area contributed by atoms with Crippen LogP contribution in [0.1, 0.15) is 0 Å². The summed E-state index contributed by atoms with van der Waals surface area (Å²) >= 11 is 7.59. The summed E-state index contributed by atoms with van der Waals surface area (Å²) in [4.78, 5) is 46.4. The molecular formula is C12H22N4O7S2. The maximum absolute atomic E-state index is 12.0. The number of thiol groups is 2. The normalized spacial score (nSPS) is 15.4. The molecule has 0 saturated heterocycles. The van der Waals surface area contributed by atoms with Crippen LogP contribution in [0.3, 0.4) is 0 Å². The van der Waals surface area contributed by atoms with E-state index in [9.17, 15) is 29.4 Å². The fourth-order valence-electron chi connectivity index (χ4n) is 1.48. The van der Waals surface area contributed by atoms with Crippen LogP contribution in [0.4, 0.5) is 0 Å². The van der Waals surface area contributed by atoms with Crippen LogP contribution in [0.5, 0.6) is 0 Å². The van der Waals surface area contributed by atoms with Crippen LogP contribution in [-0.2, 0) is 19.2 Å². The number of aliphatic hydroxyl groups is 2. The van der Waals surface area contributed by atoms with E-state index in [-0.39, 0.29) is 11.5 Å². The van der Waals surface area contributed by atoms with Crippen LogP contribution in [0.15, 0.2) is 0 Å². The zero-order chi connectivity index (χ0) is 19.6. The van der Waals surface area contributed by atoms with Gasteiger partial charge in [-0.3, -0.25) is 14.4 Å². The highest BCUT2D eigenvalue weighted by Gasteiger charge is 2.29. The summed E-state index contributed by atoms with van der Waals surface area (Å²) in [7, 11) is 0. The van der Waals surface area contributed by atoms with Gasteiger partial charge in [-0.15, -0.1) is 0 Å². The van der Waals surface area contributed by atoms with Gasteiger partial charge in [-0.2, -0.15) is 25.3 Å². The molecule has 0 rings (SSSR count). The standard InChI is InChI=1S/C12H22N4O7S2/c13-5(3-24)9(19)14-6(1-17)10(20)15-7(2-18)11(21)16-8(4-25)12(22)23/h5-8,17-18,24-25H,1-4,13H2,(H,14,19)(H,15,20)(H,16,21)(H,22,23). The Balaban J connectivity index is 4.86. The summed E-state index contributed by atoms with van der Waals surface area (Å²) < 4.78 is 0. The quantitative estimate of drug-likeness (QED) is 0.156. The molecule has 11 nitrogen and oxygen atoms in total. The number of carbonyl (C=O) groups is 4. The topological polar surface area (TPSA) is 191 Å². The summed E-state index contributed by atoms with van der Waals surface area (Å²) in [5.41, 5.74) is 5.43. The first-order chi connectivity index (χ1) is 11.7. The number of aliphatic hydroxyl groups excluding tert-OH is 2. The summed E-state index contributed by atoms with van der Waals surface area (Å²) in [6.07, 6.45) is 0. The lowest BCUT2D eigenvalue weighted by atomic mass is 10.2. The van der Waals surface area contributed by atoms with Gasteiger partial charge in [-0.05, 0) is 0 Å². The molecule has 0 fully saturated rings. The van der Waals surface area contributed by atoms with Crippen molar-refractivity contribution in [2.45, 2.75) is 24.2 Å². The number of hydrogen-bond donors (Lipinski definition) is 9. The van der Waals surface area contributed by atoms with E-state index in [4.69, 9.17) is 10.8 Å². The van der Waals surface area contributed by atoms with Gasteiger partial charge in [-0.25, -0.2) is 4.79 Å². The maximum Gasteiger partial charge on any atom is 0.327 e. The summed E-state index contributed by atoms with van der Waals surface area (Å²) in [5, 5.41) is 33.6. The van der Waals surface area contributed by atoms with Crippen molar-refractivity contribution < 1.29 is 34.5 Å². The van der Waals surface area contributed by atoms with E-state index < -0.39 is 61.1 Å². The molecule has 25 heavy (non-hydrogen) atoms. The molecule has 0 radical (unpaired) electrons. The number of amides is 3. The number of rotatable bonds is 11. The van der Waals surface area contributed by atoms with E-state index in [1.54, 1.807) is 0 Å². The minimum atomic E-state index is -1.49. The number of nitrogens with one attached hydrogen (secondary N) is 3. The van der Waals surface area contributed by atoms with E-state index >= 15 is 0 Å². The highest BCUT2D eigenvalue weighted by molar-refractivity contribution is 7.80. The smallest absolute Gasteiger partial charge is 0.327 e. The molecule has 0 aliphatic rings. The molecule has 0 aliphatic carbocycles. The second kappa shape index (κ2) is 11.9. The fraction of sp³-hybridized carbons (Fsp3) is 0.667. The van der Waals surface area contributed by atoms with Gasteiger partial charge < -0.3 is 37.0 Å².